The van der Waals surface area contributed by atoms with Gasteiger partial charge in [-0.2, -0.15) is 5.10 Å². The molecule has 0 aromatic heterocycles. The van der Waals surface area contributed by atoms with Crippen LogP contribution >= 0.6 is 23.4 Å². The number of nitrogens with zero attached hydrogens (tertiary/aromatic N) is 2. The Morgan fingerprint density at radius 3 is 2.68 bits per heavy atom. The molecular formula is C20H20ClN3O3S. The van der Waals surface area contributed by atoms with E-state index in [1.165, 1.54) is 31.2 Å². The van der Waals surface area contributed by atoms with Gasteiger partial charge in [-0.15, -0.1) is 0 Å². The summed E-state index contributed by atoms with van der Waals surface area (Å²) in [7, 11) is 1.48. The van der Waals surface area contributed by atoms with Crippen LogP contribution in [0.25, 0.3) is 0 Å². The van der Waals surface area contributed by atoms with Gasteiger partial charge in [0.1, 0.15) is 5.25 Å². The number of phenolic OH excluding ortho intramolecular Hbond substituents is 1. The third-order valence-electron chi connectivity index (χ3n) is 4.18. The summed E-state index contributed by atoms with van der Waals surface area (Å²) in [5.74, 6) is 0.139. The molecule has 2 aromatic carbocycles. The van der Waals surface area contributed by atoms with Gasteiger partial charge in [-0.05, 0) is 49.7 Å². The van der Waals surface area contributed by atoms with Gasteiger partial charge in [-0.3, -0.25) is 9.79 Å². The molecule has 1 unspecified atom stereocenters. The number of carbonyl (C=O) groups excluding carboxylic acids is 1. The quantitative estimate of drug-likeness (QED) is 0.571. The van der Waals surface area contributed by atoms with E-state index in [-0.39, 0.29) is 11.7 Å². The number of rotatable bonds is 5. The number of methoxy groups -OCH3 is 1. The summed E-state index contributed by atoms with van der Waals surface area (Å²) in [5, 5.41) is 14.8. The molecule has 0 spiro atoms. The number of aromatic hydroxyl groups is 1. The summed E-state index contributed by atoms with van der Waals surface area (Å²) in [5.41, 5.74) is 3.55. The van der Waals surface area contributed by atoms with Crippen molar-refractivity contribution in [2.45, 2.75) is 24.6 Å². The van der Waals surface area contributed by atoms with Gasteiger partial charge in [0, 0.05) is 10.6 Å². The Labute approximate surface area is 172 Å². The molecule has 1 atom stereocenters. The standard InChI is InChI=1S/C20H20ClN3O3S/c1-20(2)17(28-19(23-20)13-5-7-14(21)8-6-13)18(26)24-22-11-12-4-9-16(27-3)15(25)10-12/h4-11,17,25H,1-3H3,(H,24,26)/b22-11+. The molecule has 1 aliphatic rings. The number of hydrogen-bond acceptors (Lipinski definition) is 6. The number of aliphatic imine (C=N–C) groups is 1. The molecule has 0 saturated carbocycles. The second kappa shape index (κ2) is 8.24. The lowest BCUT2D eigenvalue weighted by atomic mass is 10.0. The smallest absolute Gasteiger partial charge is 0.256 e. The lowest BCUT2D eigenvalue weighted by molar-refractivity contribution is -0.121. The fraction of sp³-hybridized carbons (Fsp3) is 0.250. The van der Waals surface area contributed by atoms with Gasteiger partial charge in [0.05, 0.1) is 23.9 Å². The molecule has 146 valence electrons. The van der Waals surface area contributed by atoms with Crippen molar-refractivity contribution in [3.05, 3.63) is 58.6 Å². The normalized spacial score (nSPS) is 18.1. The van der Waals surface area contributed by atoms with Crippen LogP contribution < -0.4 is 10.2 Å². The highest BCUT2D eigenvalue weighted by atomic mass is 35.5. The average molecular weight is 418 g/mol. The Bertz CT molecular complexity index is 942. The Morgan fingerprint density at radius 1 is 1.32 bits per heavy atom. The van der Waals surface area contributed by atoms with Crippen molar-refractivity contribution in [2.75, 3.05) is 7.11 Å². The monoisotopic (exact) mass is 417 g/mol. The SMILES string of the molecule is COc1ccc(/C=N/NC(=O)C2SC(c3ccc(Cl)cc3)=NC2(C)C)cc1O. The van der Waals surface area contributed by atoms with E-state index < -0.39 is 10.8 Å². The minimum atomic E-state index is -0.572. The minimum Gasteiger partial charge on any atom is -0.504 e. The maximum absolute atomic E-state index is 12.6. The third-order valence-corrected chi connectivity index (χ3v) is 6.01. The van der Waals surface area contributed by atoms with Crippen LogP contribution in [-0.2, 0) is 4.79 Å². The van der Waals surface area contributed by atoms with Crippen molar-refractivity contribution < 1.29 is 14.6 Å². The van der Waals surface area contributed by atoms with Gasteiger partial charge >= 0.3 is 0 Å². The number of amides is 1. The number of phenols is 1. The summed E-state index contributed by atoms with van der Waals surface area (Å²) >= 11 is 7.34. The lowest BCUT2D eigenvalue weighted by Crippen LogP contribution is -2.40. The summed E-state index contributed by atoms with van der Waals surface area (Å²) in [6, 6.07) is 12.2. The van der Waals surface area contributed by atoms with Crippen LogP contribution in [-0.4, -0.2) is 40.2 Å². The van der Waals surface area contributed by atoms with E-state index in [0.717, 1.165) is 10.6 Å². The second-order valence-corrected chi connectivity index (χ2v) is 8.27. The molecular weight excluding hydrogens is 398 g/mol. The van der Waals surface area contributed by atoms with Crippen LogP contribution in [0, 0.1) is 0 Å². The summed E-state index contributed by atoms with van der Waals surface area (Å²) in [6.07, 6.45) is 1.46. The van der Waals surface area contributed by atoms with Gasteiger partial charge in [-0.1, -0.05) is 35.5 Å². The summed E-state index contributed by atoms with van der Waals surface area (Å²) in [4.78, 5) is 17.3. The van der Waals surface area contributed by atoms with Gasteiger partial charge < -0.3 is 9.84 Å². The third kappa shape index (κ3) is 4.48. The van der Waals surface area contributed by atoms with Crippen LogP contribution in [0.3, 0.4) is 0 Å². The van der Waals surface area contributed by atoms with E-state index in [0.29, 0.717) is 16.3 Å². The van der Waals surface area contributed by atoms with E-state index in [9.17, 15) is 9.90 Å². The van der Waals surface area contributed by atoms with E-state index in [1.807, 2.05) is 26.0 Å². The molecule has 0 saturated heterocycles. The van der Waals surface area contributed by atoms with Crippen molar-refractivity contribution in [3.8, 4) is 11.5 Å². The second-order valence-electron chi connectivity index (χ2n) is 6.74. The van der Waals surface area contributed by atoms with Crippen molar-refractivity contribution in [1.82, 2.24) is 5.43 Å². The first-order valence-corrected chi connectivity index (χ1v) is 9.78. The molecule has 1 heterocycles. The number of nitrogens with one attached hydrogen (secondary N) is 1. The first kappa shape index (κ1) is 20.2. The number of hydrogen-bond donors (Lipinski definition) is 2. The molecule has 0 bridgehead atoms. The average Bonchev–Trinajstić information content (AvgIpc) is 2.98. The van der Waals surface area contributed by atoms with E-state index >= 15 is 0 Å². The Kier molecular flexibility index (Phi) is 5.96. The zero-order valence-corrected chi connectivity index (χ0v) is 17.2. The minimum absolute atomic E-state index is 0.00580. The molecule has 2 N–H and O–H groups in total. The molecule has 28 heavy (non-hydrogen) atoms. The molecule has 1 aliphatic heterocycles. The molecule has 0 aliphatic carbocycles. The van der Waals surface area contributed by atoms with Crippen molar-refractivity contribution in [1.29, 1.82) is 0 Å². The molecule has 0 radical (unpaired) electrons. The molecule has 8 heteroatoms. The summed E-state index contributed by atoms with van der Waals surface area (Å²) < 4.78 is 5.00. The highest BCUT2D eigenvalue weighted by molar-refractivity contribution is 8.15. The number of ether oxygens (including phenoxy) is 1. The van der Waals surface area contributed by atoms with Crippen LogP contribution in [0.5, 0.6) is 11.5 Å². The van der Waals surface area contributed by atoms with E-state index in [1.54, 1.807) is 24.3 Å². The summed E-state index contributed by atoms with van der Waals surface area (Å²) in [6.45, 7) is 3.83. The molecule has 3 rings (SSSR count). The van der Waals surface area contributed by atoms with Crippen molar-refractivity contribution >= 4 is 40.5 Å². The number of carbonyl (C=O) groups is 1. The Hall–Kier alpha value is -2.51. The number of thioether (sulfide) groups is 1. The van der Waals surface area contributed by atoms with Crippen molar-refractivity contribution in [2.24, 2.45) is 10.1 Å². The van der Waals surface area contributed by atoms with Gasteiger partial charge in [-0.25, -0.2) is 5.43 Å². The fourth-order valence-corrected chi connectivity index (χ4v) is 4.13. The molecule has 6 nitrogen and oxygen atoms in total. The first-order chi connectivity index (χ1) is 13.3. The number of benzene rings is 2. The van der Waals surface area contributed by atoms with Gasteiger partial charge in [0.15, 0.2) is 11.5 Å². The topological polar surface area (TPSA) is 83.3 Å². The zero-order chi connectivity index (χ0) is 20.3. The Balaban J connectivity index is 1.66. The number of hydrazone groups is 1. The fourth-order valence-electron chi connectivity index (χ4n) is 2.72. The first-order valence-electron chi connectivity index (χ1n) is 8.52. The van der Waals surface area contributed by atoms with Crippen LogP contribution in [0.1, 0.15) is 25.0 Å². The maximum atomic E-state index is 12.6. The lowest BCUT2D eigenvalue weighted by Gasteiger charge is -2.21. The van der Waals surface area contributed by atoms with Crippen molar-refractivity contribution in [3.63, 3.8) is 0 Å². The van der Waals surface area contributed by atoms with Gasteiger partial charge in [0.25, 0.3) is 5.91 Å². The number of halogens is 1. The predicted octanol–water partition coefficient (Wildman–Crippen LogP) is 3.85. The largest absolute Gasteiger partial charge is 0.504 e. The predicted molar refractivity (Wildman–Crippen MR) is 114 cm³/mol. The maximum Gasteiger partial charge on any atom is 0.256 e. The van der Waals surface area contributed by atoms with E-state index in [2.05, 4.69) is 10.5 Å². The molecule has 2 aromatic rings. The highest BCUT2D eigenvalue weighted by Gasteiger charge is 2.42. The Morgan fingerprint density at radius 2 is 2.04 bits per heavy atom. The van der Waals surface area contributed by atoms with Gasteiger partial charge in [0.2, 0.25) is 0 Å². The van der Waals surface area contributed by atoms with E-state index in [4.69, 9.17) is 21.3 Å². The molecule has 1 amide bonds. The molecule has 0 fully saturated rings. The van der Waals surface area contributed by atoms with Crippen LogP contribution in [0.2, 0.25) is 5.02 Å². The van der Waals surface area contributed by atoms with Crippen LogP contribution in [0.4, 0.5) is 0 Å². The van der Waals surface area contributed by atoms with Crippen LogP contribution in [0.15, 0.2) is 52.6 Å². The highest BCUT2D eigenvalue weighted by Crippen LogP contribution is 2.38. The zero-order valence-electron chi connectivity index (χ0n) is 15.6.